The van der Waals surface area contributed by atoms with Gasteiger partial charge in [0.25, 0.3) is 5.91 Å². The molecular formula is C28H23NO8. The van der Waals surface area contributed by atoms with Gasteiger partial charge in [-0.05, 0) is 23.3 Å². The van der Waals surface area contributed by atoms with Gasteiger partial charge in [0.1, 0.15) is 11.9 Å². The van der Waals surface area contributed by atoms with Gasteiger partial charge < -0.3 is 19.7 Å². The van der Waals surface area contributed by atoms with Crippen molar-refractivity contribution in [3.05, 3.63) is 101 Å². The predicted molar refractivity (Wildman–Crippen MR) is 127 cm³/mol. The lowest BCUT2D eigenvalue weighted by atomic mass is 9.70. The third kappa shape index (κ3) is 2.87. The van der Waals surface area contributed by atoms with Crippen molar-refractivity contribution in [2.75, 3.05) is 14.2 Å². The number of ether oxygens (including phenoxy) is 2. The van der Waals surface area contributed by atoms with Gasteiger partial charge in [0.15, 0.2) is 11.2 Å². The first-order chi connectivity index (χ1) is 17.8. The number of cyclic esters (lactones) is 2. The first-order valence-electron chi connectivity index (χ1n) is 11.7. The van der Waals surface area contributed by atoms with Crippen LogP contribution in [0.15, 0.2) is 72.8 Å². The number of hydroxylamine groups is 2. The van der Waals surface area contributed by atoms with Crippen LogP contribution >= 0.6 is 0 Å². The quantitative estimate of drug-likeness (QED) is 0.317. The minimum Gasteiger partial charge on any atom is -0.478 e. The van der Waals surface area contributed by atoms with Crippen molar-refractivity contribution in [2.24, 2.45) is 5.92 Å². The Morgan fingerprint density at radius 1 is 0.973 bits per heavy atom. The van der Waals surface area contributed by atoms with Gasteiger partial charge >= 0.3 is 11.9 Å². The van der Waals surface area contributed by atoms with Gasteiger partial charge in [-0.15, -0.1) is 0 Å². The summed E-state index contributed by atoms with van der Waals surface area (Å²) >= 11 is 0. The number of esters is 2. The van der Waals surface area contributed by atoms with Crippen LogP contribution in [0.2, 0.25) is 0 Å². The van der Waals surface area contributed by atoms with Crippen molar-refractivity contribution in [3.63, 3.8) is 0 Å². The molecule has 5 atom stereocenters. The summed E-state index contributed by atoms with van der Waals surface area (Å²) in [4.78, 5) is 43.5. The summed E-state index contributed by atoms with van der Waals surface area (Å²) in [7, 11) is 2.75. The molecule has 9 heteroatoms. The number of amides is 1. The molecule has 3 aromatic carbocycles. The van der Waals surface area contributed by atoms with Crippen LogP contribution in [-0.2, 0) is 25.6 Å². The molecule has 3 aliphatic rings. The average Bonchev–Trinajstić information content (AvgIpc) is 3.43. The Kier molecular flexibility index (Phi) is 5.03. The minimum absolute atomic E-state index is 0.00743. The zero-order valence-corrected chi connectivity index (χ0v) is 20.0. The van der Waals surface area contributed by atoms with E-state index in [0.717, 1.165) is 5.06 Å². The molecule has 1 fully saturated rings. The van der Waals surface area contributed by atoms with Gasteiger partial charge in [0.2, 0.25) is 0 Å². The standard InChI is InChI=1S/C28H23NO8/c1-29(35-2)24(31)21-22(15-9-5-3-6-10-15)28(16-11-7-4-8-12-16)27(34,23(21)30)19-13-17-18(14-20(19)37-28)26(33)36-25(17)32/h3-14,21-23,30,34H,1-2H3/t21-,22-,23-,27+,28+/m1/s1. The monoisotopic (exact) mass is 501 g/mol. The summed E-state index contributed by atoms with van der Waals surface area (Å²) in [6.07, 6.45) is -1.68. The lowest BCUT2D eigenvalue weighted by Crippen LogP contribution is -2.52. The molecule has 1 aliphatic carbocycles. The molecular weight excluding hydrogens is 478 g/mol. The maximum absolute atomic E-state index is 13.7. The van der Waals surface area contributed by atoms with Gasteiger partial charge in [-0.3, -0.25) is 9.63 Å². The highest BCUT2D eigenvalue weighted by Crippen LogP contribution is 2.68. The van der Waals surface area contributed by atoms with Crippen LogP contribution in [-0.4, -0.2) is 53.4 Å². The summed E-state index contributed by atoms with van der Waals surface area (Å²) < 4.78 is 11.3. The largest absolute Gasteiger partial charge is 0.478 e. The van der Waals surface area contributed by atoms with E-state index >= 15 is 0 Å². The lowest BCUT2D eigenvalue weighted by molar-refractivity contribution is -0.181. The van der Waals surface area contributed by atoms with Gasteiger partial charge in [-0.2, -0.15) is 0 Å². The number of aliphatic hydroxyl groups excluding tert-OH is 1. The summed E-state index contributed by atoms with van der Waals surface area (Å²) in [5.41, 5.74) is -2.70. The number of hydrogen-bond acceptors (Lipinski definition) is 8. The van der Waals surface area contributed by atoms with Crippen LogP contribution in [0.5, 0.6) is 5.75 Å². The van der Waals surface area contributed by atoms with Crippen LogP contribution in [0.3, 0.4) is 0 Å². The molecule has 2 heterocycles. The van der Waals surface area contributed by atoms with Gasteiger partial charge in [0, 0.05) is 18.5 Å². The lowest BCUT2D eigenvalue weighted by Gasteiger charge is -2.40. The topological polar surface area (TPSA) is 123 Å². The Labute approximate surface area is 211 Å². The molecule has 0 spiro atoms. The number of fused-ring (bicyclic) bond motifs is 4. The van der Waals surface area contributed by atoms with Crippen LogP contribution in [0, 0.1) is 5.92 Å². The number of hydrogen-bond donors (Lipinski definition) is 2. The maximum Gasteiger partial charge on any atom is 0.347 e. The van der Waals surface area contributed by atoms with E-state index in [4.69, 9.17) is 14.3 Å². The molecule has 9 nitrogen and oxygen atoms in total. The Morgan fingerprint density at radius 3 is 2.19 bits per heavy atom. The Hall–Kier alpha value is -4.05. The molecule has 2 N–H and O–H groups in total. The second-order valence-electron chi connectivity index (χ2n) is 9.42. The van der Waals surface area contributed by atoms with Crippen LogP contribution in [0.25, 0.3) is 0 Å². The van der Waals surface area contributed by atoms with Crippen molar-refractivity contribution in [1.82, 2.24) is 5.06 Å². The van der Waals surface area contributed by atoms with E-state index in [2.05, 4.69) is 0 Å². The number of aliphatic hydroxyl groups is 2. The highest BCUT2D eigenvalue weighted by Gasteiger charge is 2.77. The third-order valence-electron chi connectivity index (χ3n) is 7.79. The summed E-state index contributed by atoms with van der Waals surface area (Å²) in [5.74, 6) is -4.23. The van der Waals surface area contributed by atoms with Crippen LogP contribution in [0.1, 0.15) is 43.3 Å². The van der Waals surface area contributed by atoms with E-state index in [-0.39, 0.29) is 22.4 Å². The maximum atomic E-state index is 13.7. The predicted octanol–water partition coefficient (Wildman–Crippen LogP) is 2.27. The zero-order chi connectivity index (χ0) is 26.1. The molecule has 0 unspecified atom stereocenters. The van der Waals surface area contributed by atoms with Gasteiger partial charge in [-0.1, -0.05) is 60.7 Å². The van der Waals surface area contributed by atoms with E-state index in [1.54, 1.807) is 54.6 Å². The van der Waals surface area contributed by atoms with E-state index < -0.39 is 47.0 Å². The van der Waals surface area contributed by atoms with Crippen molar-refractivity contribution in [3.8, 4) is 5.75 Å². The Morgan fingerprint density at radius 2 is 1.57 bits per heavy atom. The summed E-state index contributed by atoms with van der Waals surface area (Å²) in [6, 6.07) is 20.5. The molecule has 2 aliphatic heterocycles. The van der Waals surface area contributed by atoms with E-state index in [0.29, 0.717) is 11.1 Å². The molecule has 37 heavy (non-hydrogen) atoms. The van der Waals surface area contributed by atoms with Crippen molar-refractivity contribution in [2.45, 2.75) is 23.2 Å². The number of carbonyl (C=O) groups is 3. The van der Waals surface area contributed by atoms with E-state index in [9.17, 15) is 24.6 Å². The molecule has 3 aromatic rings. The molecule has 0 radical (unpaired) electrons. The molecule has 0 aromatic heterocycles. The second kappa shape index (κ2) is 7.97. The SMILES string of the molecule is CON(C)C(=O)[C@H]1[C@@H](O)[C@@]2(O)c3cc4c(cc3O[C@@]2(c2ccccc2)[C@@H]1c1ccccc1)C(=O)OC4=O. The Balaban J connectivity index is 1.68. The van der Waals surface area contributed by atoms with E-state index in [1.807, 2.05) is 6.07 Å². The highest BCUT2D eigenvalue weighted by atomic mass is 16.7. The van der Waals surface area contributed by atoms with Crippen molar-refractivity contribution >= 4 is 17.8 Å². The van der Waals surface area contributed by atoms with Crippen LogP contribution < -0.4 is 4.74 Å². The fraction of sp³-hybridized carbons (Fsp3) is 0.250. The van der Waals surface area contributed by atoms with Crippen LogP contribution in [0.4, 0.5) is 0 Å². The zero-order valence-electron chi connectivity index (χ0n) is 20.0. The molecule has 6 rings (SSSR count). The molecule has 1 amide bonds. The second-order valence-corrected chi connectivity index (χ2v) is 9.42. The number of nitrogens with zero attached hydrogens (tertiary/aromatic N) is 1. The normalized spacial score (nSPS) is 29.2. The van der Waals surface area contributed by atoms with Crippen molar-refractivity contribution in [1.29, 1.82) is 0 Å². The number of benzene rings is 3. The van der Waals surface area contributed by atoms with Crippen molar-refractivity contribution < 1.29 is 38.9 Å². The Bertz CT molecular complexity index is 1440. The first-order valence-corrected chi connectivity index (χ1v) is 11.7. The molecule has 1 saturated carbocycles. The van der Waals surface area contributed by atoms with Gasteiger partial charge in [-0.25, -0.2) is 14.7 Å². The van der Waals surface area contributed by atoms with E-state index in [1.165, 1.54) is 26.3 Å². The fourth-order valence-electron chi connectivity index (χ4n) is 6.14. The molecule has 0 saturated heterocycles. The average molecular weight is 501 g/mol. The number of rotatable bonds is 4. The minimum atomic E-state index is -2.19. The summed E-state index contributed by atoms with van der Waals surface area (Å²) in [5, 5.41) is 25.5. The fourth-order valence-corrected chi connectivity index (χ4v) is 6.14. The summed E-state index contributed by atoms with van der Waals surface area (Å²) in [6.45, 7) is 0. The number of carbonyl (C=O) groups excluding carboxylic acids is 3. The third-order valence-corrected chi connectivity index (χ3v) is 7.79. The first kappa shape index (κ1) is 23.4. The van der Waals surface area contributed by atoms with Gasteiger partial charge in [0.05, 0.1) is 24.2 Å². The highest BCUT2D eigenvalue weighted by molar-refractivity contribution is 6.15. The molecule has 0 bridgehead atoms. The molecule has 188 valence electrons. The smallest absolute Gasteiger partial charge is 0.347 e.